The van der Waals surface area contributed by atoms with Crippen LogP contribution in [0.1, 0.15) is 11.4 Å². The van der Waals surface area contributed by atoms with Gasteiger partial charge < -0.3 is 5.32 Å². The zero-order chi connectivity index (χ0) is 12.4. The Morgan fingerprint density at radius 3 is 3.11 bits per heavy atom. The van der Waals surface area contributed by atoms with Gasteiger partial charge in [-0.3, -0.25) is 4.98 Å². The average Bonchev–Trinajstić information content (AvgIpc) is 2.85. The maximum absolute atomic E-state index is 5.92. The molecule has 3 rings (SSSR count). The monoisotopic (exact) mass is 278 g/mol. The first-order chi connectivity index (χ1) is 8.83. The van der Waals surface area contributed by atoms with Crippen LogP contribution >= 0.6 is 23.4 Å². The van der Waals surface area contributed by atoms with Gasteiger partial charge in [-0.25, -0.2) is 4.98 Å². The number of fused-ring (bicyclic) bond motifs is 1. The Bertz CT molecular complexity index is 562. The highest BCUT2D eigenvalue weighted by molar-refractivity contribution is 7.99. The molecule has 92 valence electrons. The molecule has 0 spiro atoms. The Labute approximate surface area is 114 Å². The summed E-state index contributed by atoms with van der Waals surface area (Å²) in [6, 6.07) is 5.85. The van der Waals surface area contributed by atoms with Crippen LogP contribution in [0.25, 0.3) is 0 Å². The van der Waals surface area contributed by atoms with Crippen LogP contribution in [0.4, 0.5) is 5.82 Å². The maximum atomic E-state index is 5.92. The highest BCUT2D eigenvalue weighted by atomic mass is 35.5. The van der Waals surface area contributed by atoms with Crippen molar-refractivity contribution in [3.63, 3.8) is 0 Å². The third-order valence-corrected chi connectivity index (χ3v) is 3.95. The van der Waals surface area contributed by atoms with E-state index in [1.807, 2.05) is 18.2 Å². The average molecular weight is 279 g/mol. The molecule has 0 aromatic carbocycles. The van der Waals surface area contributed by atoms with Gasteiger partial charge in [0, 0.05) is 18.4 Å². The van der Waals surface area contributed by atoms with E-state index in [1.165, 1.54) is 0 Å². The molecular formula is C12H11ClN4S. The molecule has 0 unspecified atom stereocenters. The van der Waals surface area contributed by atoms with Crippen molar-refractivity contribution in [3.8, 4) is 0 Å². The van der Waals surface area contributed by atoms with Gasteiger partial charge >= 0.3 is 0 Å². The largest absolute Gasteiger partial charge is 0.363 e. The van der Waals surface area contributed by atoms with E-state index in [4.69, 9.17) is 11.6 Å². The van der Waals surface area contributed by atoms with Crippen molar-refractivity contribution in [3.05, 3.63) is 41.1 Å². The topological polar surface area (TPSA) is 50.7 Å². The summed E-state index contributed by atoms with van der Waals surface area (Å²) in [5, 5.41) is 3.59. The number of pyridine rings is 1. The fraction of sp³-hybridized carbons (Fsp3) is 0.250. The van der Waals surface area contributed by atoms with E-state index in [9.17, 15) is 0 Å². The van der Waals surface area contributed by atoms with E-state index in [0.717, 1.165) is 34.3 Å². The minimum Gasteiger partial charge on any atom is -0.363 e. The fourth-order valence-electron chi connectivity index (χ4n) is 1.83. The molecule has 0 aliphatic carbocycles. The van der Waals surface area contributed by atoms with E-state index in [2.05, 4.69) is 20.3 Å². The molecule has 1 aliphatic rings. The number of nitrogens with one attached hydrogen (secondary N) is 1. The minimum atomic E-state index is 0.305. The summed E-state index contributed by atoms with van der Waals surface area (Å²) < 4.78 is 0. The summed E-state index contributed by atoms with van der Waals surface area (Å²) >= 11 is 7.69. The number of hydrogen-bond donors (Lipinski definition) is 1. The lowest BCUT2D eigenvalue weighted by molar-refractivity contribution is 0.950. The first-order valence-corrected chi connectivity index (χ1v) is 7.02. The van der Waals surface area contributed by atoms with Gasteiger partial charge in [-0.05, 0) is 23.7 Å². The van der Waals surface area contributed by atoms with Gasteiger partial charge in [-0.1, -0.05) is 6.07 Å². The minimum absolute atomic E-state index is 0.305. The molecule has 2 aromatic heterocycles. The van der Waals surface area contributed by atoms with Gasteiger partial charge in [0.1, 0.15) is 5.82 Å². The number of halogens is 1. The first kappa shape index (κ1) is 11.7. The number of rotatable bonds is 3. The van der Waals surface area contributed by atoms with E-state index >= 15 is 0 Å². The van der Waals surface area contributed by atoms with Crippen molar-refractivity contribution in [1.82, 2.24) is 15.0 Å². The zero-order valence-corrected chi connectivity index (χ0v) is 11.1. The molecule has 0 saturated carbocycles. The second kappa shape index (κ2) is 5.12. The van der Waals surface area contributed by atoms with Crippen LogP contribution in [-0.4, -0.2) is 20.7 Å². The summed E-state index contributed by atoms with van der Waals surface area (Å²) in [5.74, 6) is 1.86. The predicted molar refractivity (Wildman–Crippen MR) is 73.0 cm³/mol. The predicted octanol–water partition coefficient (Wildman–Crippen LogP) is 2.79. The lowest BCUT2D eigenvalue weighted by Crippen LogP contribution is -2.05. The van der Waals surface area contributed by atoms with E-state index in [1.54, 1.807) is 18.0 Å². The normalized spacial score (nSPS) is 13.4. The number of anilines is 1. The molecule has 0 atom stereocenters. The van der Waals surface area contributed by atoms with Crippen LogP contribution in [-0.2, 0) is 13.0 Å². The van der Waals surface area contributed by atoms with E-state index in [-0.39, 0.29) is 0 Å². The van der Waals surface area contributed by atoms with Crippen LogP contribution in [0.15, 0.2) is 29.3 Å². The quantitative estimate of drug-likeness (QED) is 0.875. The highest BCUT2D eigenvalue weighted by Gasteiger charge is 2.19. The lowest BCUT2D eigenvalue weighted by Gasteiger charge is -2.09. The van der Waals surface area contributed by atoms with Gasteiger partial charge in [0.25, 0.3) is 0 Å². The fourth-order valence-corrected chi connectivity index (χ4v) is 3.09. The SMILES string of the molecule is Clc1nc2c(c(NCc3ccccn3)n1)SCC2. The van der Waals surface area contributed by atoms with Crippen LogP contribution in [0, 0.1) is 0 Å². The van der Waals surface area contributed by atoms with Crippen molar-refractivity contribution in [2.75, 3.05) is 11.1 Å². The third kappa shape index (κ3) is 2.42. The van der Waals surface area contributed by atoms with Crippen molar-refractivity contribution < 1.29 is 0 Å². The summed E-state index contributed by atoms with van der Waals surface area (Å²) in [4.78, 5) is 13.9. The molecule has 0 fully saturated rings. The molecule has 4 nitrogen and oxygen atoms in total. The second-order valence-electron chi connectivity index (χ2n) is 3.89. The maximum Gasteiger partial charge on any atom is 0.224 e. The van der Waals surface area contributed by atoms with Gasteiger partial charge in [0.2, 0.25) is 5.28 Å². The summed E-state index contributed by atoms with van der Waals surface area (Å²) in [6.07, 6.45) is 2.74. The molecule has 0 saturated heterocycles. The van der Waals surface area contributed by atoms with E-state index < -0.39 is 0 Å². The van der Waals surface area contributed by atoms with Gasteiger partial charge in [0.05, 0.1) is 22.8 Å². The number of hydrogen-bond acceptors (Lipinski definition) is 5. The van der Waals surface area contributed by atoms with Crippen LogP contribution in [0.3, 0.4) is 0 Å². The van der Waals surface area contributed by atoms with E-state index in [0.29, 0.717) is 11.8 Å². The molecule has 0 bridgehead atoms. The number of nitrogens with zero attached hydrogens (tertiary/aromatic N) is 3. The number of aromatic nitrogens is 3. The molecule has 1 N–H and O–H groups in total. The van der Waals surface area contributed by atoms with Crippen LogP contribution in [0.2, 0.25) is 5.28 Å². The van der Waals surface area contributed by atoms with Crippen molar-refractivity contribution >= 4 is 29.2 Å². The number of thioether (sulfide) groups is 1. The lowest BCUT2D eigenvalue weighted by atomic mass is 10.3. The Kier molecular flexibility index (Phi) is 3.34. The smallest absolute Gasteiger partial charge is 0.224 e. The highest BCUT2D eigenvalue weighted by Crippen LogP contribution is 2.36. The Hall–Kier alpha value is -1.33. The van der Waals surface area contributed by atoms with Crippen molar-refractivity contribution in [2.45, 2.75) is 17.9 Å². The zero-order valence-electron chi connectivity index (χ0n) is 9.56. The molecule has 0 amide bonds. The molecule has 3 heterocycles. The second-order valence-corrected chi connectivity index (χ2v) is 5.33. The summed E-state index contributed by atoms with van der Waals surface area (Å²) in [6.45, 7) is 0.640. The number of aryl methyl sites for hydroxylation is 1. The Morgan fingerprint density at radius 1 is 1.33 bits per heavy atom. The first-order valence-electron chi connectivity index (χ1n) is 5.66. The van der Waals surface area contributed by atoms with Crippen molar-refractivity contribution in [2.24, 2.45) is 0 Å². The molecule has 1 aliphatic heterocycles. The Morgan fingerprint density at radius 2 is 2.28 bits per heavy atom. The van der Waals surface area contributed by atoms with Crippen molar-refractivity contribution in [1.29, 1.82) is 0 Å². The van der Waals surface area contributed by atoms with Crippen LogP contribution in [0.5, 0.6) is 0 Å². The standard InChI is InChI=1S/C12H11ClN4S/c13-12-16-9-4-6-18-10(9)11(17-12)15-7-8-3-1-2-5-14-8/h1-3,5H,4,6-7H2,(H,15,16,17). The molecule has 0 radical (unpaired) electrons. The van der Waals surface area contributed by atoms with Gasteiger partial charge in [-0.15, -0.1) is 11.8 Å². The summed E-state index contributed by atoms with van der Waals surface area (Å²) in [7, 11) is 0. The third-order valence-electron chi connectivity index (χ3n) is 2.66. The molecule has 18 heavy (non-hydrogen) atoms. The molecule has 6 heteroatoms. The molecular weight excluding hydrogens is 268 g/mol. The van der Waals surface area contributed by atoms with Gasteiger partial charge in [-0.2, -0.15) is 4.98 Å². The molecule has 2 aromatic rings. The van der Waals surface area contributed by atoms with Crippen LogP contribution < -0.4 is 5.32 Å². The van der Waals surface area contributed by atoms with Gasteiger partial charge in [0.15, 0.2) is 0 Å². The Balaban J connectivity index is 1.81. The summed E-state index contributed by atoms with van der Waals surface area (Å²) in [5.41, 5.74) is 2.02.